The lowest BCUT2D eigenvalue weighted by atomic mass is 9.93. The molecule has 27 heavy (non-hydrogen) atoms. The number of carboxylic acids is 1. The van der Waals surface area contributed by atoms with Gasteiger partial charge >= 0.3 is 5.97 Å². The molecular weight excluding hydrogens is 372 g/mol. The van der Waals surface area contributed by atoms with Crippen LogP contribution >= 0.6 is 9.24 Å². The predicted molar refractivity (Wildman–Crippen MR) is 103 cm³/mol. The lowest BCUT2D eigenvalue weighted by molar-refractivity contribution is 0.0696. The Morgan fingerprint density at radius 2 is 1.48 bits per heavy atom. The fraction of sp³-hybridized carbons (Fsp3) is 0.0952. The highest BCUT2D eigenvalue weighted by Gasteiger charge is 2.26. The van der Waals surface area contributed by atoms with Gasteiger partial charge in [-0.2, -0.15) is 0 Å². The molecule has 0 aromatic heterocycles. The third-order valence-electron chi connectivity index (χ3n) is 4.61. The third kappa shape index (κ3) is 3.24. The molecule has 0 fully saturated rings. The summed E-state index contributed by atoms with van der Waals surface area (Å²) in [6, 6.07) is 10.7. The maximum Gasteiger partial charge on any atom is 0.335 e. The van der Waals surface area contributed by atoms with E-state index in [1.54, 1.807) is 44.2 Å². The van der Waals surface area contributed by atoms with E-state index in [9.17, 15) is 18.7 Å². The molecule has 3 aromatic rings. The van der Waals surface area contributed by atoms with Crippen molar-refractivity contribution in [2.45, 2.75) is 13.8 Å². The van der Waals surface area contributed by atoms with E-state index in [1.807, 2.05) is 0 Å². The number of carboxylic acid groups (broad SMARTS) is 1. The van der Waals surface area contributed by atoms with Gasteiger partial charge in [-0.15, -0.1) is 9.24 Å². The zero-order valence-corrected chi connectivity index (χ0v) is 15.8. The van der Waals surface area contributed by atoms with Crippen LogP contribution in [0.2, 0.25) is 0 Å². The largest absolute Gasteiger partial charge is 0.478 e. The van der Waals surface area contributed by atoms with Crippen LogP contribution in [-0.4, -0.2) is 11.1 Å². The van der Waals surface area contributed by atoms with E-state index in [0.717, 1.165) is 6.07 Å². The summed E-state index contributed by atoms with van der Waals surface area (Å²) in [5.74, 6) is -4.70. The highest BCUT2D eigenvalue weighted by atomic mass is 31.0. The molecule has 0 spiro atoms. The molecule has 6 heteroatoms. The van der Waals surface area contributed by atoms with E-state index >= 15 is 4.39 Å². The second kappa shape index (κ2) is 7.16. The minimum absolute atomic E-state index is 0.0206. The van der Waals surface area contributed by atoms with E-state index in [4.69, 9.17) is 0 Å². The summed E-state index contributed by atoms with van der Waals surface area (Å²) < 4.78 is 44.8. The topological polar surface area (TPSA) is 37.3 Å². The molecule has 138 valence electrons. The fourth-order valence-corrected chi connectivity index (χ4v) is 3.48. The van der Waals surface area contributed by atoms with Gasteiger partial charge in [-0.1, -0.05) is 36.4 Å². The van der Waals surface area contributed by atoms with Crippen LogP contribution in [0.5, 0.6) is 0 Å². The standard InChI is InChI=1S/C21H16F3O2P/c1-10-8-13(9-14(11(10)2)21(25)26)15-17(22)18(23)16(20(27)19(15)24)12-6-4-3-5-7-12/h3-9H,27H2,1-2H3,(H,25,26). The molecule has 0 heterocycles. The maximum atomic E-state index is 15.1. The summed E-state index contributed by atoms with van der Waals surface area (Å²) in [5, 5.41) is 9.22. The van der Waals surface area contributed by atoms with E-state index < -0.39 is 29.0 Å². The molecule has 1 atom stereocenters. The van der Waals surface area contributed by atoms with Crippen LogP contribution in [0.4, 0.5) is 13.2 Å². The highest BCUT2D eigenvalue weighted by Crippen LogP contribution is 2.35. The van der Waals surface area contributed by atoms with Gasteiger partial charge in [0.05, 0.1) is 11.1 Å². The van der Waals surface area contributed by atoms with E-state index in [0.29, 0.717) is 16.7 Å². The number of benzene rings is 3. The lowest BCUT2D eigenvalue weighted by Crippen LogP contribution is -2.12. The molecule has 0 aliphatic carbocycles. The molecule has 1 unspecified atom stereocenters. The minimum Gasteiger partial charge on any atom is -0.478 e. The van der Waals surface area contributed by atoms with Crippen molar-refractivity contribution < 1.29 is 23.1 Å². The molecule has 0 amide bonds. The van der Waals surface area contributed by atoms with Crippen molar-refractivity contribution in [3.05, 3.63) is 76.6 Å². The van der Waals surface area contributed by atoms with Crippen LogP contribution in [0.25, 0.3) is 22.3 Å². The average Bonchev–Trinajstić information content (AvgIpc) is 2.64. The summed E-state index contributed by atoms with van der Waals surface area (Å²) in [7, 11) is 2.11. The summed E-state index contributed by atoms with van der Waals surface area (Å²) in [6.45, 7) is 3.24. The van der Waals surface area contributed by atoms with Gasteiger partial charge < -0.3 is 5.11 Å². The van der Waals surface area contributed by atoms with Gasteiger partial charge in [-0.3, -0.25) is 0 Å². The van der Waals surface area contributed by atoms with Crippen LogP contribution in [0.3, 0.4) is 0 Å². The smallest absolute Gasteiger partial charge is 0.335 e. The molecular formula is C21H16F3O2P. The van der Waals surface area contributed by atoms with Gasteiger partial charge in [-0.05, 0) is 42.2 Å². The molecule has 0 aliphatic rings. The minimum atomic E-state index is -1.35. The zero-order chi connectivity index (χ0) is 19.9. The monoisotopic (exact) mass is 388 g/mol. The molecule has 0 aliphatic heterocycles. The van der Waals surface area contributed by atoms with Crippen molar-refractivity contribution in [2.24, 2.45) is 0 Å². The van der Waals surface area contributed by atoms with Gasteiger partial charge in [-0.25, -0.2) is 18.0 Å². The Morgan fingerprint density at radius 3 is 2.07 bits per heavy atom. The number of aryl methyl sites for hydroxylation is 1. The second-order valence-corrected chi connectivity index (χ2v) is 6.82. The number of aromatic carboxylic acids is 1. The molecule has 3 aromatic carbocycles. The predicted octanol–water partition coefficient (Wildman–Crippen LogP) is 5.25. The van der Waals surface area contributed by atoms with Crippen molar-refractivity contribution >= 4 is 20.5 Å². The van der Waals surface area contributed by atoms with E-state index in [-0.39, 0.29) is 22.0 Å². The molecule has 2 nitrogen and oxygen atoms in total. The quantitative estimate of drug-likeness (QED) is 0.491. The molecule has 1 N–H and O–H groups in total. The Kier molecular flexibility index (Phi) is 5.07. The molecule has 0 saturated carbocycles. The average molecular weight is 388 g/mol. The molecule has 3 rings (SSSR count). The van der Waals surface area contributed by atoms with Crippen LogP contribution in [0, 0.1) is 31.3 Å². The van der Waals surface area contributed by atoms with Crippen molar-refractivity contribution in [1.82, 2.24) is 0 Å². The first-order valence-electron chi connectivity index (χ1n) is 8.10. The summed E-state index contributed by atoms with van der Waals surface area (Å²) in [5.41, 5.74) is 0.510. The van der Waals surface area contributed by atoms with Crippen molar-refractivity contribution in [2.75, 3.05) is 0 Å². The Morgan fingerprint density at radius 1 is 0.889 bits per heavy atom. The third-order valence-corrected chi connectivity index (χ3v) is 5.15. The first-order valence-corrected chi connectivity index (χ1v) is 8.68. The lowest BCUT2D eigenvalue weighted by Gasteiger charge is -2.16. The summed E-state index contributed by atoms with van der Waals surface area (Å²) >= 11 is 0. The fourth-order valence-electron chi connectivity index (χ4n) is 3.04. The number of halogens is 3. The Hall–Kier alpha value is -2.65. The Labute approximate surface area is 156 Å². The van der Waals surface area contributed by atoms with Crippen molar-refractivity contribution in [1.29, 1.82) is 0 Å². The Bertz CT molecular complexity index is 1030. The van der Waals surface area contributed by atoms with Crippen LogP contribution in [0.1, 0.15) is 21.5 Å². The molecule has 0 bridgehead atoms. The summed E-state index contributed by atoms with van der Waals surface area (Å²) in [4.78, 5) is 11.4. The van der Waals surface area contributed by atoms with Crippen LogP contribution in [0.15, 0.2) is 42.5 Å². The Balaban J connectivity index is 2.33. The van der Waals surface area contributed by atoms with Crippen molar-refractivity contribution in [3.63, 3.8) is 0 Å². The normalized spacial score (nSPS) is 10.9. The SMILES string of the molecule is Cc1cc(-c2c(F)c(F)c(-c3ccccc3)c(P)c2F)cc(C(=O)O)c1C. The summed E-state index contributed by atoms with van der Waals surface area (Å²) in [6.07, 6.45) is 0. The second-order valence-electron chi connectivity index (χ2n) is 6.24. The van der Waals surface area contributed by atoms with Gasteiger partial charge in [0.1, 0.15) is 5.82 Å². The van der Waals surface area contributed by atoms with Crippen LogP contribution in [-0.2, 0) is 0 Å². The highest BCUT2D eigenvalue weighted by molar-refractivity contribution is 7.28. The zero-order valence-electron chi connectivity index (χ0n) is 14.6. The number of hydrogen-bond donors (Lipinski definition) is 1. The van der Waals surface area contributed by atoms with E-state index in [1.165, 1.54) is 6.07 Å². The van der Waals surface area contributed by atoms with Gasteiger partial charge in [0, 0.05) is 10.9 Å². The molecule has 0 saturated heterocycles. The van der Waals surface area contributed by atoms with Crippen LogP contribution < -0.4 is 5.30 Å². The molecule has 0 radical (unpaired) electrons. The number of carbonyl (C=O) groups is 1. The number of rotatable bonds is 3. The van der Waals surface area contributed by atoms with Gasteiger partial charge in [0.25, 0.3) is 0 Å². The maximum absolute atomic E-state index is 15.1. The van der Waals surface area contributed by atoms with Crippen molar-refractivity contribution in [3.8, 4) is 22.3 Å². The number of hydrogen-bond acceptors (Lipinski definition) is 1. The van der Waals surface area contributed by atoms with Gasteiger partial charge in [0.2, 0.25) is 0 Å². The first kappa shape index (κ1) is 19.1. The van der Waals surface area contributed by atoms with Gasteiger partial charge in [0.15, 0.2) is 11.6 Å². The first-order chi connectivity index (χ1) is 12.7. The van der Waals surface area contributed by atoms with E-state index in [2.05, 4.69) is 9.24 Å².